The number of unbranched alkanes of at least 4 members (excludes halogenated alkanes) is 1. The Labute approximate surface area is 271 Å². The second-order valence-electron chi connectivity index (χ2n) is 11.1. The van der Waals surface area contributed by atoms with Crippen molar-refractivity contribution in [3.8, 4) is 0 Å². The summed E-state index contributed by atoms with van der Waals surface area (Å²) in [4.78, 5) is 13.5. The Morgan fingerprint density at radius 1 is 0.652 bits per heavy atom. The van der Waals surface area contributed by atoms with Crippen LogP contribution in [0.3, 0.4) is 0 Å². The molecule has 46 heavy (non-hydrogen) atoms. The lowest BCUT2D eigenvalue weighted by Gasteiger charge is -2.45. The monoisotopic (exact) mass is 622 g/mol. The van der Waals surface area contributed by atoms with Gasteiger partial charge in [0.05, 0.1) is 38.6 Å². The van der Waals surface area contributed by atoms with E-state index in [1.807, 2.05) is 103 Å². The van der Waals surface area contributed by atoms with Crippen molar-refractivity contribution in [3.63, 3.8) is 0 Å². The molecule has 0 saturated carbocycles. The van der Waals surface area contributed by atoms with Crippen LogP contribution in [-0.4, -0.2) is 49.9 Å². The van der Waals surface area contributed by atoms with E-state index in [1.54, 1.807) is 24.3 Å². The summed E-state index contributed by atoms with van der Waals surface area (Å²) in [6.45, 7) is 5.39. The van der Waals surface area contributed by atoms with Crippen LogP contribution in [0, 0.1) is 0 Å². The van der Waals surface area contributed by atoms with Gasteiger partial charge in [-0.15, -0.1) is 6.58 Å². The highest BCUT2D eigenvalue weighted by Gasteiger charge is 2.50. The molecule has 1 aliphatic heterocycles. The van der Waals surface area contributed by atoms with E-state index < -0.39 is 36.7 Å². The fourth-order valence-corrected chi connectivity index (χ4v) is 5.26. The number of carbonyl (C=O) groups is 1. The summed E-state index contributed by atoms with van der Waals surface area (Å²) in [7, 11) is 0. The van der Waals surface area contributed by atoms with Crippen molar-refractivity contribution < 1.29 is 33.2 Å². The van der Waals surface area contributed by atoms with Gasteiger partial charge in [0.1, 0.15) is 18.3 Å². The second-order valence-corrected chi connectivity index (χ2v) is 11.1. The van der Waals surface area contributed by atoms with Crippen molar-refractivity contribution in [2.45, 2.75) is 63.4 Å². The van der Waals surface area contributed by atoms with Crippen LogP contribution in [0.1, 0.15) is 39.9 Å². The molecule has 7 nitrogen and oxygen atoms in total. The molecular weight excluding hydrogens is 580 g/mol. The standard InChI is InChI=1S/C39H42O7/c1-2-3-16-25-42-39-37(46-38(40)33-23-14-7-15-24-33)36(44-28-32-21-12-6-13-22-32)35(43-27-31-19-10-5-11-20-31)34(45-39)29-41-26-30-17-8-4-9-18-30/h2,4-15,17-24,34-37,39H,1,3,16,25-29H2/t34?,35-,36?,37?,39-/m1/s1. The van der Waals surface area contributed by atoms with Gasteiger partial charge in [0.25, 0.3) is 0 Å². The van der Waals surface area contributed by atoms with E-state index in [9.17, 15) is 4.79 Å². The largest absolute Gasteiger partial charge is 0.450 e. The van der Waals surface area contributed by atoms with Crippen LogP contribution >= 0.6 is 0 Å². The fraction of sp³-hybridized carbons (Fsp3) is 0.308. The second kappa shape index (κ2) is 18.1. The summed E-state index contributed by atoms with van der Waals surface area (Å²) in [6.07, 6.45) is -0.447. The van der Waals surface area contributed by atoms with Gasteiger partial charge in [0.2, 0.25) is 0 Å². The number of ether oxygens (including phenoxy) is 6. The Morgan fingerprint density at radius 3 is 1.74 bits per heavy atom. The first-order valence-electron chi connectivity index (χ1n) is 15.8. The number of hydrogen-bond acceptors (Lipinski definition) is 7. The van der Waals surface area contributed by atoms with Gasteiger partial charge in [-0.05, 0) is 41.7 Å². The summed E-state index contributed by atoms with van der Waals surface area (Å²) in [5.74, 6) is -0.497. The predicted molar refractivity (Wildman–Crippen MR) is 176 cm³/mol. The van der Waals surface area contributed by atoms with Gasteiger partial charge >= 0.3 is 5.97 Å². The third kappa shape index (κ3) is 9.94. The Hall–Kier alpha value is -4.11. The van der Waals surface area contributed by atoms with Crippen LogP contribution in [0.25, 0.3) is 0 Å². The summed E-state index contributed by atoms with van der Waals surface area (Å²) >= 11 is 0. The van der Waals surface area contributed by atoms with Crippen LogP contribution < -0.4 is 0 Å². The van der Waals surface area contributed by atoms with Crippen molar-refractivity contribution in [2.24, 2.45) is 0 Å². The minimum absolute atomic E-state index is 0.214. The molecule has 0 aromatic heterocycles. The number of esters is 1. The molecule has 4 aromatic carbocycles. The van der Waals surface area contributed by atoms with E-state index in [-0.39, 0.29) is 13.2 Å². The molecule has 0 amide bonds. The molecule has 0 N–H and O–H groups in total. The fourth-order valence-electron chi connectivity index (χ4n) is 5.26. The molecule has 7 heteroatoms. The van der Waals surface area contributed by atoms with Gasteiger partial charge < -0.3 is 28.4 Å². The third-order valence-corrected chi connectivity index (χ3v) is 7.64. The van der Waals surface area contributed by atoms with E-state index in [4.69, 9.17) is 28.4 Å². The van der Waals surface area contributed by atoms with Crippen molar-refractivity contribution in [2.75, 3.05) is 13.2 Å². The Balaban J connectivity index is 1.45. The summed E-state index contributed by atoms with van der Waals surface area (Å²) in [5, 5.41) is 0. The van der Waals surface area contributed by atoms with E-state index >= 15 is 0 Å². The molecule has 5 atom stereocenters. The quantitative estimate of drug-likeness (QED) is 0.0695. The van der Waals surface area contributed by atoms with Crippen LogP contribution in [0.4, 0.5) is 0 Å². The van der Waals surface area contributed by atoms with Crippen molar-refractivity contribution in [1.82, 2.24) is 0 Å². The lowest BCUT2D eigenvalue weighted by Crippen LogP contribution is -2.62. The maximum absolute atomic E-state index is 13.5. The zero-order valence-electron chi connectivity index (χ0n) is 26.0. The lowest BCUT2D eigenvalue weighted by atomic mass is 9.97. The predicted octanol–water partition coefficient (Wildman–Crippen LogP) is 7.31. The SMILES string of the molecule is C=CCCCO[C@@H]1OC(COCc2ccccc2)[C@@H](OCc2ccccc2)C(OCc2ccccc2)C1OC(=O)c1ccccc1. The van der Waals surface area contributed by atoms with Crippen LogP contribution in [0.5, 0.6) is 0 Å². The van der Waals surface area contributed by atoms with Crippen molar-refractivity contribution >= 4 is 5.97 Å². The minimum Gasteiger partial charge on any atom is -0.450 e. The van der Waals surface area contributed by atoms with Crippen LogP contribution in [-0.2, 0) is 48.2 Å². The highest BCUT2D eigenvalue weighted by molar-refractivity contribution is 5.89. The lowest BCUT2D eigenvalue weighted by molar-refractivity contribution is -0.317. The number of rotatable bonds is 17. The molecule has 1 fully saturated rings. The molecule has 0 aliphatic carbocycles. The maximum atomic E-state index is 13.5. The highest BCUT2D eigenvalue weighted by atomic mass is 16.7. The third-order valence-electron chi connectivity index (χ3n) is 7.64. The molecule has 1 saturated heterocycles. The first kappa shape index (κ1) is 33.3. The zero-order valence-corrected chi connectivity index (χ0v) is 26.0. The van der Waals surface area contributed by atoms with Gasteiger partial charge in [-0.25, -0.2) is 4.79 Å². The van der Waals surface area contributed by atoms with Gasteiger partial charge in [0.15, 0.2) is 12.4 Å². The normalized spacial score (nSPS) is 21.0. The average molecular weight is 623 g/mol. The Bertz CT molecular complexity index is 1430. The van der Waals surface area contributed by atoms with Gasteiger partial charge in [0, 0.05) is 0 Å². The van der Waals surface area contributed by atoms with Gasteiger partial charge in [-0.3, -0.25) is 0 Å². The maximum Gasteiger partial charge on any atom is 0.338 e. The molecule has 240 valence electrons. The number of hydrogen-bond donors (Lipinski definition) is 0. The molecular formula is C39H42O7. The first-order chi connectivity index (χ1) is 22.7. The number of benzene rings is 4. The number of allylic oxidation sites excluding steroid dienone is 1. The minimum atomic E-state index is -0.925. The molecule has 4 aromatic rings. The molecule has 0 bridgehead atoms. The van der Waals surface area contributed by atoms with Gasteiger partial charge in [-0.1, -0.05) is 115 Å². The van der Waals surface area contributed by atoms with Crippen LogP contribution in [0.15, 0.2) is 134 Å². The smallest absolute Gasteiger partial charge is 0.338 e. The van der Waals surface area contributed by atoms with E-state index in [1.165, 1.54) is 0 Å². The molecule has 1 heterocycles. The highest BCUT2D eigenvalue weighted by Crippen LogP contribution is 2.32. The molecule has 5 rings (SSSR count). The summed E-state index contributed by atoms with van der Waals surface area (Å²) in [5.41, 5.74) is 3.44. The van der Waals surface area contributed by atoms with Crippen LogP contribution in [0.2, 0.25) is 0 Å². The Kier molecular flexibility index (Phi) is 13.1. The topological polar surface area (TPSA) is 72.5 Å². The van der Waals surface area contributed by atoms with Crippen molar-refractivity contribution in [3.05, 3.63) is 156 Å². The van der Waals surface area contributed by atoms with Crippen molar-refractivity contribution in [1.29, 1.82) is 0 Å². The summed E-state index contributed by atoms with van der Waals surface area (Å²) < 4.78 is 38.5. The average Bonchev–Trinajstić information content (AvgIpc) is 3.11. The molecule has 0 spiro atoms. The molecule has 1 aliphatic rings. The van der Waals surface area contributed by atoms with E-state index in [2.05, 4.69) is 6.58 Å². The van der Waals surface area contributed by atoms with E-state index in [0.717, 1.165) is 29.5 Å². The summed E-state index contributed by atoms with van der Waals surface area (Å²) in [6, 6.07) is 38.6. The first-order valence-corrected chi connectivity index (χ1v) is 15.8. The zero-order chi connectivity index (χ0) is 31.8. The van der Waals surface area contributed by atoms with Gasteiger partial charge in [-0.2, -0.15) is 0 Å². The molecule has 0 radical (unpaired) electrons. The van der Waals surface area contributed by atoms with E-state index in [0.29, 0.717) is 25.4 Å². The number of carbonyl (C=O) groups excluding carboxylic acids is 1. The Morgan fingerprint density at radius 2 is 1.17 bits per heavy atom. The molecule has 3 unspecified atom stereocenters.